The molecule has 7 heteroatoms. The highest BCUT2D eigenvalue weighted by molar-refractivity contribution is 5.86. The zero-order chi connectivity index (χ0) is 28.0. The van der Waals surface area contributed by atoms with Crippen molar-refractivity contribution in [2.24, 2.45) is 5.41 Å². The number of anilines is 1. The first-order valence-electron chi connectivity index (χ1n) is 13.7. The number of carboxylic acids is 1. The van der Waals surface area contributed by atoms with E-state index in [4.69, 9.17) is 14.5 Å². The van der Waals surface area contributed by atoms with Crippen LogP contribution in [-0.2, 0) is 29.0 Å². The number of ether oxygens (including phenoxy) is 2. The number of hydrogen-bond acceptors (Lipinski definition) is 5. The fraction of sp³-hybridized carbons (Fsp3) is 0.438. The van der Waals surface area contributed by atoms with Gasteiger partial charge in [-0.05, 0) is 67.5 Å². The maximum absolute atomic E-state index is 13.2. The van der Waals surface area contributed by atoms with E-state index in [0.29, 0.717) is 26.2 Å². The van der Waals surface area contributed by atoms with Crippen molar-refractivity contribution in [1.29, 1.82) is 0 Å². The summed E-state index contributed by atoms with van der Waals surface area (Å²) in [6.45, 7) is 11.5. The molecule has 1 aromatic heterocycles. The minimum Gasteiger partial charge on any atom is -0.493 e. The highest BCUT2D eigenvalue weighted by atomic mass is 19.1. The molecular weight excluding hydrogens is 495 g/mol. The van der Waals surface area contributed by atoms with E-state index in [-0.39, 0.29) is 17.7 Å². The Kier molecular flexibility index (Phi) is 9.23. The standard InChI is InChI=1S/C32H39FN2O4/c1-5-38-21-28-30(24-8-12-26(13-9-24)39-19-14-23-6-10-25(33)11-7-23)31(27(20-29(36)37)22(2)34-28)35-17-15-32(3,4)16-18-35/h6-13H,5,14-21H2,1-4H3,(H,36,37). The van der Waals surface area contributed by atoms with E-state index in [9.17, 15) is 14.3 Å². The third-order valence-corrected chi connectivity index (χ3v) is 7.47. The lowest BCUT2D eigenvalue weighted by Gasteiger charge is -2.40. The van der Waals surface area contributed by atoms with Crippen LogP contribution in [0.4, 0.5) is 10.1 Å². The average Bonchev–Trinajstić information content (AvgIpc) is 2.90. The van der Waals surface area contributed by atoms with Crippen LogP contribution in [0.1, 0.15) is 56.1 Å². The average molecular weight is 535 g/mol. The van der Waals surface area contributed by atoms with Crippen molar-refractivity contribution < 1.29 is 23.8 Å². The second-order valence-electron chi connectivity index (χ2n) is 11.0. The largest absolute Gasteiger partial charge is 0.493 e. The van der Waals surface area contributed by atoms with E-state index in [1.54, 1.807) is 12.1 Å². The molecule has 0 bridgehead atoms. The van der Waals surface area contributed by atoms with Crippen LogP contribution in [0.15, 0.2) is 48.5 Å². The summed E-state index contributed by atoms with van der Waals surface area (Å²) in [6.07, 6.45) is 2.65. The van der Waals surface area contributed by atoms with E-state index in [0.717, 1.165) is 71.0 Å². The van der Waals surface area contributed by atoms with Gasteiger partial charge in [-0.15, -0.1) is 0 Å². The SMILES string of the molecule is CCOCc1nc(C)c(CC(=O)O)c(N2CCC(C)(C)CC2)c1-c1ccc(OCCc2ccc(F)cc2)cc1. The molecule has 0 atom stereocenters. The van der Waals surface area contributed by atoms with Gasteiger partial charge in [-0.3, -0.25) is 9.78 Å². The molecule has 3 aromatic rings. The molecular formula is C32H39FN2O4. The van der Waals surface area contributed by atoms with Crippen LogP contribution >= 0.6 is 0 Å². The molecule has 2 heterocycles. The maximum atomic E-state index is 13.2. The van der Waals surface area contributed by atoms with Gasteiger partial charge in [-0.25, -0.2) is 4.39 Å². The summed E-state index contributed by atoms with van der Waals surface area (Å²) in [5, 5.41) is 9.78. The van der Waals surface area contributed by atoms with Gasteiger partial charge in [0, 0.05) is 42.9 Å². The normalized spacial score (nSPS) is 14.8. The summed E-state index contributed by atoms with van der Waals surface area (Å²) in [5.41, 5.74) is 6.42. The molecule has 1 aliphatic rings. The van der Waals surface area contributed by atoms with Gasteiger partial charge in [0.2, 0.25) is 0 Å². The second-order valence-corrected chi connectivity index (χ2v) is 11.0. The number of hydrogen-bond donors (Lipinski definition) is 1. The smallest absolute Gasteiger partial charge is 0.307 e. The summed E-state index contributed by atoms with van der Waals surface area (Å²) in [4.78, 5) is 19.1. The van der Waals surface area contributed by atoms with Crippen molar-refractivity contribution in [1.82, 2.24) is 4.98 Å². The van der Waals surface area contributed by atoms with Crippen molar-refractivity contribution >= 4 is 11.7 Å². The first kappa shape index (κ1) is 28.6. The van der Waals surface area contributed by atoms with E-state index in [1.807, 2.05) is 38.1 Å². The first-order chi connectivity index (χ1) is 18.7. The molecule has 6 nitrogen and oxygen atoms in total. The number of nitrogens with zero attached hydrogens (tertiary/aromatic N) is 2. The monoisotopic (exact) mass is 534 g/mol. The predicted octanol–water partition coefficient (Wildman–Crippen LogP) is 6.61. The number of aromatic nitrogens is 1. The minimum atomic E-state index is -0.869. The molecule has 0 aliphatic carbocycles. The number of aryl methyl sites for hydroxylation is 1. The predicted molar refractivity (Wildman–Crippen MR) is 152 cm³/mol. The van der Waals surface area contributed by atoms with Crippen molar-refractivity contribution in [3.63, 3.8) is 0 Å². The van der Waals surface area contributed by atoms with Crippen LogP contribution in [0.2, 0.25) is 0 Å². The topological polar surface area (TPSA) is 71.9 Å². The van der Waals surface area contributed by atoms with E-state index < -0.39 is 5.97 Å². The van der Waals surface area contributed by atoms with Crippen LogP contribution in [0, 0.1) is 18.2 Å². The molecule has 1 saturated heterocycles. The van der Waals surface area contributed by atoms with Gasteiger partial charge >= 0.3 is 5.97 Å². The zero-order valence-electron chi connectivity index (χ0n) is 23.4. The Morgan fingerprint density at radius 3 is 2.36 bits per heavy atom. The van der Waals surface area contributed by atoms with Crippen LogP contribution in [0.25, 0.3) is 11.1 Å². The number of benzene rings is 2. The van der Waals surface area contributed by atoms with Crippen molar-refractivity contribution in [3.05, 3.63) is 76.9 Å². The lowest BCUT2D eigenvalue weighted by atomic mass is 9.82. The molecule has 0 unspecified atom stereocenters. The molecule has 4 rings (SSSR count). The van der Waals surface area contributed by atoms with Crippen LogP contribution in [-0.4, -0.2) is 42.4 Å². The number of aliphatic carboxylic acids is 1. The van der Waals surface area contributed by atoms with E-state index >= 15 is 0 Å². The number of pyridine rings is 1. The molecule has 0 amide bonds. The lowest BCUT2D eigenvalue weighted by molar-refractivity contribution is -0.136. The second kappa shape index (κ2) is 12.6. The van der Waals surface area contributed by atoms with E-state index in [2.05, 4.69) is 18.7 Å². The van der Waals surface area contributed by atoms with E-state index in [1.165, 1.54) is 12.1 Å². The van der Waals surface area contributed by atoms with Gasteiger partial charge in [-0.2, -0.15) is 0 Å². The molecule has 208 valence electrons. The Morgan fingerprint density at radius 1 is 1.08 bits per heavy atom. The van der Waals surface area contributed by atoms with Gasteiger partial charge in [0.15, 0.2) is 0 Å². The molecule has 0 spiro atoms. The van der Waals surface area contributed by atoms with Crippen LogP contribution < -0.4 is 9.64 Å². The lowest BCUT2D eigenvalue weighted by Crippen LogP contribution is -2.38. The Labute approximate surface area is 230 Å². The Balaban J connectivity index is 1.67. The fourth-order valence-corrected chi connectivity index (χ4v) is 5.09. The first-order valence-corrected chi connectivity index (χ1v) is 13.7. The number of rotatable bonds is 11. The maximum Gasteiger partial charge on any atom is 0.307 e. The molecule has 0 saturated carbocycles. The zero-order valence-corrected chi connectivity index (χ0v) is 23.4. The molecule has 1 fully saturated rings. The molecule has 1 aliphatic heterocycles. The molecule has 0 radical (unpaired) electrons. The number of halogens is 1. The highest BCUT2D eigenvalue weighted by Gasteiger charge is 2.30. The third-order valence-electron chi connectivity index (χ3n) is 7.47. The number of piperidine rings is 1. The number of carboxylic acid groups (broad SMARTS) is 1. The quantitative estimate of drug-likeness (QED) is 0.299. The number of carbonyl (C=O) groups is 1. The summed E-state index contributed by atoms with van der Waals surface area (Å²) in [6, 6.07) is 14.3. The molecule has 1 N–H and O–H groups in total. The highest BCUT2D eigenvalue weighted by Crippen LogP contribution is 2.42. The van der Waals surface area contributed by atoms with Crippen molar-refractivity contribution in [3.8, 4) is 16.9 Å². The van der Waals surface area contributed by atoms with Gasteiger partial charge in [-0.1, -0.05) is 38.1 Å². The fourth-order valence-electron chi connectivity index (χ4n) is 5.09. The van der Waals surface area contributed by atoms with Gasteiger partial charge in [0.05, 0.1) is 31.0 Å². The summed E-state index contributed by atoms with van der Waals surface area (Å²) in [5.74, 6) is -0.380. The van der Waals surface area contributed by atoms with Crippen molar-refractivity contribution in [2.45, 2.75) is 60.0 Å². The summed E-state index contributed by atoms with van der Waals surface area (Å²) < 4.78 is 24.9. The summed E-state index contributed by atoms with van der Waals surface area (Å²) >= 11 is 0. The minimum absolute atomic E-state index is 0.0828. The Morgan fingerprint density at radius 2 is 1.74 bits per heavy atom. The van der Waals surface area contributed by atoms with Crippen LogP contribution in [0.5, 0.6) is 5.75 Å². The Bertz CT molecular complexity index is 1260. The third kappa shape index (κ3) is 7.35. The Hall–Kier alpha value is -3.45. The molecule has 39 heavy (non-hydrogen) atoms. The van der Waals surface area contributed by atoms with Crippen molar-refractivity contribution in [2.75, 3.05) is 31.2 Å². The summed E-state index contributed by atoms with van der Waals surface area (Å²) in [7, 11) is 0. The van der Waals surface area contributed by atoms with Gasteiger partial charge in [0.25, 0.3) is 0 Å². The van der Waals surface area contributed by atoms with Gasteiger partial charge in [0.1, 0.15) is 11.6 Å². The molecule has 2 aromatic carbocycles. The van der Waals surface area contributed by atoms with Crippen LogP contribution in [0.3, 0.4) is 0 Å². The van der Waals surface area contributed by atoms with Gasteiger partial charge < -0.3 is 19.5 Å².